The monoisotopic (exact) mass is 214 g/mol. The Balaban J connectivity index is 3.16. The minimum absolute atomic E-state index is 0.364. The molecular weight excluding hydrogens is 192 g/mol. The van der Waals surface area contributed by atoms with Gasteiger partial charge >= 0.3 is 6.16 Å². The van der Waals surface area contributed by atoms with Crippen molar-refractivity contribution in [3.63, 3.8) is 0 Å². The first kappa shape index (κ1) is 14.0. The summed E-state index contributed by atoms with van der Waals surface area (Å²) in [5, 5.41) is 0. The Morgan fingerprint density at radius 2 is 1.73 bits per heavy atom. The molecular formula is C12H22O3. The van der Waals surface area contributed by atoms with Crippen LogP contribution in [-0.4, -0.2) is 12.8 Å². The average molecular weight is 214 g/mol. The molecule has 0 aromatic rings. The van der Waals surface area contributed by atoms with Gasteiger partial charge in [0.15, 0.2) is 0 Å². The number of carbonyl (C=O) groups excluding carboxylic acids is 1. The number of allylic oxidation sites excluding steroid dienone is 1. The Kier molecular flexibility index (Phi) is 8.93. The van der Waals surface area contributed by atoms with Gasteiger partial charge in [-0.1, -0.05) is 45.6 Å². The van der Waals surface area contributed by atoms with Crippen LogP contribution in [0.1, 0.15) is 52.4 Å². The van der Waals surface area contributed by atoms with E-state index in [0.717, 1.165) is 12.8 Å². The molecule has 3 nitrogen and oxygen atoms in total. The molecule has 88 valence electrons. The predicted octanol–water partition coefficient (Wildman–Crippen LogP) is 4.03. The standard InChI is InChI=1S/C12H22O3/c1-4-5-6-7-8-9-10-14-12(13)15-11(2)3/h2,4-10H2,1,3H3. The maximum atomic E-state index is 10.9. The number of ether oxygens (including phenoxy) is 2. The van der Waals surface area contributed by atoms with Gasteiger partial charge in [-0.2, -0.15) is 0 Å². The van der Waals surface area contributed by atoms with Crippen molar-refractivity contribution >= 4 is 6.16 Å². The molecule has 0 aromatic carbocycles. The Morgan fingerprint density at radius 3 is 2.33 bits per heavy atom. The van der Waals surface area contributed by atoms with Crippen molar-refractivity contribution in [2.75, 3.05) is 6.61 Å². The Bertz CT molecular complexity index is 187. The zero-order valence-electron chi connectivity index (χ0n) is 9.88. The maximum Gasteiger partial charge on any atom is 0.513 e. The molecule has 3 heteroatoms. The molecule has 0 spiro atoms. The molecule has 0 fully saturated rings. The molecule has 0 aliphatic carbocycles. The first-order chi connectivity index (χ1) is 7.16. The second-order valence-corrected chi connectivity index (χ2v) is 3.67. The molecule has 0 aliphatic rings. The molecule has 15 heavy (non-hydrogen) atoms. The molecule has 0 radical (unpaired) electrons. The topological polar surface area (TPSA) is 35.5 Å². The fraction of sp³-hybridized carbons (Fsp3) is 0.750. The molecule has 0 saturated heterocycles. The summed E-state index contributed by atoms with van der Waals surface area (Å²) in [6.45, 7) is 7.70. The third-order valence-electron chi connectivity index (χ3n) is 1.98. The van der Waals surface area contributed by atoms with Gasteiger partial charge in [0.25, 0.3) is 0 Å². The summed E-state index contributed by atoms with van der Waals surface area (Å²) in [5.41, 5.74) is 0. The number of unbranched alkanes of at least 4 members (excludes halogenated alkanes) is 5. The molecule has 0 unspecified atom stereocenters. The van der Waals surface area contributed by atoms with Gasteiger partial charge in [0, 0.05) is 0 Å². The average Bonchev–Trinajstić information content (AvgIpc) is 2.15. The number of carbonyl (C=O) groups is 1. The highest BCUT2D eigenvalue weighted by Gasteiger charge is 2.02. The normalized spacial score (nSPS) is 9.73. The number of rotatable bonds is 8. The van der Waals surface area contributed by atoms with Crippen LogP contribution in [0.2, 0.25) is 0 Å². The van der Waals surface area contributed by atoms with Crippen molar-refractivity contribution in [3.8, 4) is 0 Å². The van der Waals surface area contributed by atoms with Gasteiger partial charge in [0.1, 0.15) is 5.76 Å². The highest BCUT2D eigenvalue weighted by atomic mass is 16.7. The molecule has 0 rings (SSSR count). The molecule has 0 aliphatic heterocycles. The van der Waals surface area contributed by atoms with Crippen LogP contribution in [0.15, 0.2) is 12.3 Å². The zero-order chi connectivity index (χ0) is 11.5. The van der Waals surface area contributed by atoms with Crippen LogP contribution in [0.5, 0.6) is 0 Å². The zero-order valence-corrected chi connectivity index (χ0v) is 9.88. The Morgan fingerprint density at radius 1 is 1.13 bits per heavy atom. The number of hydrogen-bond donors (Lipinski definition) is 0. The molecule has 0 bridgehead atoms. The van der Waals surface area contributed by atoms with Crippen molar-refractivity contribution in [1.29, 1.82) is 0 Å². The van der Waals surface area contributed by atoms with Crippen LogP contribution in [0, 0.1) is 0 Å². The summed E-state index contributed by atoms with van der Waals surface area (Å²) in [4.78, 5) is 10.9. The van der Waals surface area contributed by atoms with E-state index >= 15 is 0 Å². The van der Waals surface area contributed by atoms with E-state index in [1.165, 1.54) is 25.7 Å². The SMILES string of the molecule is C=C(C)OC(=O)OCCCCCCCC. The van der Waals surface area contributed by atoms with E-state index in [-0.39, 0.29) is 0 Å². The van der Waals surface area contributed by atoms with Crippen molar-refractivity contribution in [2.45, 2.75) is 52.4 Å². The first-order valence-corrected chi connectivity index (χ1v) is 5.67. The van der Waals surface area contributed by atoms with E-state index in [1.807, 2.05) is 0 Å². The largest absolute Gasteiger partial charge is 0.513 e. The summed E-state index contributed by atoms with van der Waals surface area (Å²) >= 11 is 0. The van der Waals surface area contributed by atoms with Crippen LogP contribution in [0.3, 0.4) is 0 Å². The lowest BCUT2D eigenvalue weighted by Gasteiger charge is -2.04. The highest BCUT2D eigenvalue weighted by molar-refractivity contribution is 5.61. The maximum absolute atomic E-state index is 10.9. The van der Waals surface area contributed by atoms with Gasteiger partial charge in [0.2, 0.25) is 0 Å². The van der Waals surface area contributed by atoms with Gasteiger partial charge in [-0.3, -0.25) is 0 Å². The van der Waals surface area contributed by atoms with Gasteiger partial charge in [-0.05, 0) is 13.3 Å². The second kappa shape index (κ2) is 9.56. The minimum Gasteiger partial charge on any atom is -0.434 e. The van der Waals surface area contributed by atoms with Crippen LogP contribution in [0.25, 0.3) is 0 Å². The van der Waals surface area contributed by atoms with E-state index in [4.69, 9.17) is 4.74 Å². The third kappa shape index (κ3) is 10.9. The number of hydrogen-bond acceptors (Lipinski definition) is 3. The van der Waals surface area contributed by atoms with Crippen molar-refractivity contribution in [1.82, 2.24) is 0 Å². The van der Waals surface area contributed by atoms with E-state index in [2.05, 4.69) is 18.2 Å². The van der Waals surface area contributed by atoms with Gasteiger partial charge in [-0.25, -0.2) is 4.79 Å². The summed E-state index contributed by atoms with van der Waals surface area (Å²) in [7, 11) is 0. The summed E-state index contributed by atoms with van der Waals surface area (Å²) in [6.07, 6.45) is 6.41. The van der Waals surface area contributed by atoms with Crippen molar-refractivity contribution in [2.24, 2.45) is 0 Å². The predicted molar refractivity (Wildman–Crippen MR) is 60.6 cm³/mol. The van der Waals surface area contributed by atoms with Crippen LogP contribution in [0.4, 0.5) is 4.79 Å². The summed E-state index contributed by atoms with van der Waals surface area (Å²) in [5.74, 6) is 0.364. The van der Waals surface area contributed by atoms with Crippen LogP contribution in [-0.2, 0) is 9.47 Å². The van der Waals surface area contributed by atoms with E-state index in [9.17, 15) is 4.79 Å². The van der Waals surface area contributed by atoms with Gasteiger partial charge < -0.3 is 9.47 Å². The summed E-state index contributed by atoms with van der Waals surface area (Å²) in [6, 6.07) is 0. The third-order valence-corrected chi connectivity index (χ3v) is 1.98. The molecule has 0 atom stereocenters. The van der Waals surface area contributed by atoms with Gasteiger partial charge in [-0.15, -0.1) is 0 Å². The molecule has 0 heterocycles. The van der Waals surface area contributed by atoms with Crippen molar-refractivity contribution in [3.05, 3.63) is 12.3 Å². The van der Waals surface area contributed by atoms with Crippen LogP contribution >= 0.6 is 0 Å². The lowest BCUT2D eigenvalue weighted by Crippen LogP contribution is -2.06. The molecule has 0 aromatic heterocycles. The molecule has 0 saturated carbocycles. The lowest BCUT2D eigenvalue weighted by molar-refractivity contribution is 0.0763. The lowest BCUT2D eigenvalue weighted by atomic mass is 10.1. The molecule has 0 N–H and O–H groups in total. The quantitative estimate of drug-likeness (QED) is 0.347. The second-order valence-electron chi connectivity index (χ2n) is 3.67. The smallest absolute Gasteiger partial charge is 0.434 e. The fourth-order valence-electron chi connectivity index (χ4n) is 1.21. The highest BCUT2D eigenvalue weighted by Crippen LogP contribution is 2.05. The molecule has 0 amide bonds. The van der Waals surface area contributed by atoms with Crippen molar-refractivity contribution < 1.29 is 14.3 Å². The minimum atomic E-state index is -0.643. The Labute approximate surface area is 92.5 Å². The fourth-order valence-corrected chi connectivity index (χ4v) is 1.21. The van der Waals surface area contributed by atoms with E-state index in [0.29, 0.717) is 12.4 Å². The van der Waals surface area contributed by atoms with E-state index < -0.39 is 6.16 Å². The summed E-state index contributed by atoms with van der Waals surface area (Å²) < 4.78 is 9.48. The van der Waals surface area contributed by atoms with Crippen LogP contribution < -0.4 is 0 Å². The van der Waals surface area contributed by atoms with Gasteiger partial charge in [0.05, 0.1) is 6.61 Å². The Hall–Kier alpha value is -0.990. The van der Waals surface area contributed by atoms with E-state index in [1.54, 1.807) is 6.92 Å². The first-order valence-electron chi connectivity index (χ1n) is 5.67.